The number of ether oxygens (including phenoxy) is 3. The van der Waals surface area contributed by atoms with Gasteiger partial charge in [-0.05, 0) is 80.0 Å². The van der Waals surface area contributed by atoms with E-state index in [2.05, 4.69) is 43.6 Å². The molecular weight excluding hydrogens is 508 g/mol. The van der Waals surface area contributed by atoms with Crippen molar-refractivity contribution >= 4 is 27.7 Å². The van der Waals surface area contributed by atoms with E-state index >= 15 is 0 Å². The lowest BCUT2D eigenvalue weighted by Crippen LogP contribution is -2.59. The van der Waals surface area contributed by atoms with Crippen molar-refractivity contribution in [3.8, 4) is 0 Å². The van der Waals surface area contributed by atoms with Gasteiger partial charge in [-0.1, -0.05) is 43.6 Å². The number of rotatable bonds is 1. The number of esters is 1. The van der Waals surface area contributed by atoms with Crippen LogP contribution in [0.2, 0.25) is 0 Å². The summed E-state index contributed by atoms with van der Waals surface area (Å²) < 4.78 is 19.0. The molecule has 6 aliphatic rings. The van der Waals surface area contributed by atoms with E-state index in [0.717, 1.165) is 38.7 Å². The lowest BCUT2D eigenvalue weighted by molar-refractivity contribution is -0.267. The molecule has 6 heteroatoms. The third-order valence-corrected chi connectivity index (χ3v) is 13.1. The largest absolute Gasteiger partial charge is 0.463 e. The van der Waals surface area contributed by atoms with Crippen molar-refractivity contribution in [1.82, 2.24) is 0 Å². The van der Waals surface area contributed by atoms with Gasteiger partial charge in [0, 0.05) is 30.6 Å². The number of hydrogen-bond acceptors (Lipinski definition) is 5. The first-order valence-electron chi connectivity index (χ1n) is 14.2. The van der Waals surface area contributed by atoms with Crippen molar-refractivity contribution in [2.75, 3.05) is 6.61 Å². The maximum atomic E-state index is 14.2. The molecule has 0 radical (unpaired) electrons. The Kier molecular flexibility index (Phi) is 5.87. The summed E-state index contributed by atoms with van der Waals surface area (Å²) in [5.41, 5.74) is -0.141. The van der Waals surface area contributed by atoms with Crippen LogP contribution in [0.5, 0.6) is 0 Å². The van der Waals surface area contributed by atoms with Crippen molar-refractivity contribution in [2.45, 2.75) is 109 Å². The van der Waals surface area contributed by atoms with E-state index in [1.54, 1.807) is 0 Å². The number of halogens is 1. The lowest BCUT2D eigenvalue weighted by atomic mass is 9.44. The number of ketones is 1. The molecule has 2 aliphatic heterocycles. The highest BCUT2D eigenvalue weighted by molar-refractivity contribution is 9.09. The Bertz CT molecular complexity index is 908. The molecule has 0 aromatic rings. The number of fused-ring (bicyclic) bond motifs is 7. The molecule has 0 amide bonds. The number of Topliss-reactive ketones (excluding diaryl/α,β-unsaturated/α-hetero) is 1. The van der Waals surface area contributed by atoms with Crippen molar-refractivity contribution in [3.63, 3.8) is 0 Å². The topological polar surface area (TPSA) is 61.8 Å². The third-order valence-electron chi connectivity index (χ3n) is 12.1. The SMILES string of the molecule is CC(=O)O[C@H]1CC[C@@]2(C)[C@@H](CC[C@@H]3[C@@H]2CC(=O)[C@]2(C)[C@@H]4[C@H](C[C@@H]32)O[C@@]2(OC[C@H](C)C[C@@H]2Br)[C@H]4C)C1. The maximum absolute atomic E-state index is 14.2. The summed E-state index contributed by atoms with van der Waals surface area (Å²) in [5, 5.41) is 0. The monoisotopic (exact) mass is 550 g/mol. The van der Waals surface area contributed by atoms with E-state index in [1.165, 1.54) is 19.8 Å². The minimum atomic E-state index is -0.592. The Balaban J connectivity index is 1.26. The highest BCUT2D eigenvalue weighted by atomic mass is 79.9. The van der Waals surface area contributed by atoms with Crippen molar-refractivity contribution in [1.29, 1.82) is 0 Å². The van der Waals surface area contributed by atoms with Crippen LogP contribution in [-0.2, 0) is 23.8 Å². The lowest BCUT2D eigenvalue weighted by Gasteiger charge is -2.60. The average molecular weight is 552 g/mol. The van der Waals surface area contributed by atoms with Gasteiger partial charge in [-0.15, -0.1) is 0 Å². The van der Waals surface area contributed by atoms with E-state index in [0.29, 0.717) is 41.8 Å². The van der Waals surface area contributed by atoms with Gasteiger partial charge in [0.15, 0.2) is 5.79 Å². The second kappa shape index (κ2) is 8.27. The Labute approximate surface area is 218 Å². The normalized spacial score (nSPS) is 57.3. The molecule has 0 aromatic carbocycles. The van der Waals surface area contributed by atoms with Gasteiger partial charge in [0.1, 0.15) is 11.9 Å². The van der Waals surface area contributed by atoms with Gasteiger partial charge in [-0.3, -0.25) is 9.59 Å². The van der Waals surface area contributed by atoms with Crippen LogP contribution in [0.3, 0.4) is 0 Å². The van der Waals surface area contributed by atoms with E-state index in [-0.39, 0.29) is 45.7 Å². The number of carbonyl (C=O) groups excluding carboxylic acids is 2. The Morgan fingerprint density at radius 3 is 2.57 bits per heavy atom. The second-order valence-corrected chi connectivity index (χ2v) is 14.7. The molecule has 4 saturated carbocycles. The smallest absolute Gasteiger partial charge is 0.302 e. The Morgan fingerprint density at radius 1 is 1.09 bits per heavy atom. The highest BCUT2D eigenvalue weighted by Crippen LogP contribution is 2.70. The molecule has 0 bridgehead atoms. The van der Waals surface area contributed by atoms with Gasteiger partial charge >= 0.3 is 5.97 Å². The summed E-state index contributed by atoms with van der Waals surface area (Å²) in [6.07, 6.45) is 8.27. The third kappa shape index (κ3) is 3.37. The summed E-state index contributed by atoms with van der Waals surface area (Å²) in [4.78, 5) is 25.9. The summed E-state index contributed by atoms with van der Waals surface area (Å²) in [7, 11) is 0. The molecule has 2 heterocycles. The van der Waals surface area contributed by atoms with Crippen LogP contribution in [0, 0.1) is 52.3 Å². The summed E-state index contributed by atoms with van der Waals surface area (Å²) >= 11 is 3.94. The minimum absolute atomic E-state index is 0.0540. The molecule has 5 nitrogen and oxygen atoms in total. The first-order chi connectivity index (χ1) is 16.5. The molecule has 2 saturated heterocycles. The molecule has 6 rings (SSSR count). The fraction of sp³-hybridized carbons (Fsp3) is 0.931. The zero-order chi connectivity index (χ0) is 24.9. The molecule has 0 aromatic heterocycles. The van der Waals surface area contributed by atoms with Gasteiger partial charge in [-0.25, -0.2) is 0 Å². The Hall–Kier alpha value is -0.460. The molecule has 13 atom stereocenters. The molecule has 0 unspecified atom stereocenters. The van der Waals surface area contributed by atoms with Gasteiger partial charge in [0.05, 0.1) is 17.5 Å². The van der Waals surface area contributed by atoms with Crippen LogP contribution in [0.15, 0.2) is 0 Å². The maximum Gasteiger partial charge on any atom is 0.302 e. The van der Waals surface area contributed by atoms with Crippen molar-refractivity contribution in [3.05, 3.63) is 0 Å². The molecule has 4 aliphatic carbocycles. The fourth-order valence-electron chi connectivity index (χ4n) is 10.3. The fourth-order valence-corrected chi connectivity index (χ4v) is 11.6. The average Bonchev–Trinajstić information content (AvgIpc) is 3.24. The highest BCUT2D eigenvalue weighted by Gasteiger charge is 2.72. The quantitative estimate of drug-likeness (QED) is 0.299. The van der Waals surface area contributed by atoms with Crippen LogP contribution in [0.4, 0.5) is 0 Å². The van der Waals surface area contributed by atoms with Crippen LogP contribution < -0.4 is 0 Å². The molecule has 0 N–H and O–H groups in total. The van der Waals surface area contributed by atoms with E-state index in [4.69, 9.17) is 14.2 Å². The van der Waals surface area contributed by atoms with Crippen molar-refractivity contribution in [2.24, 2.45) is 52.3 Å². The van der Waals surface area contributed by atoms with E-state index < -0.39 is 5.79 Å². The molecule has 1 spiro atoms. The number of carbonyl (C=O) groups is 2. The zero-order valence-corrected chi connectivity index (χ0v) is 23.6. The van der Waals surface area contributed by atoms with Crippen LogP contribution in [0.1, 0.15) is 86.0 Å². The standard InChI is InChI=1S/C29H43BrO5/c1-15-10-24(30)29(33-14-15)16(2)26-23(35-29)12-22-20-7-6-18-11-19(34-17(3)31)8-9-27(18,4)21(20)13-25(32)28(22,26)5/h15-16,18-24,26H,6-14H2,1-5H3/t15-,16+,18+,19+,20-,21+,22+,23+,24+,26+,27+,28-,29+/m1/s1. The molecule has 196 valence electrons. The minimum Gasteiger partial charge on any atom is -0.463 e. The first-order valence-corrected chi connectivity index (χ1v) is 15.1. The summed E-state index contributed by atoms with van der Waals surface area (Å²) in [6.45, 7) is 11.5. The van der Waals surface area contributed by atoms with E-state index in [1.807, 2.05) is 0 Å². The molecule has 35 heavy (non-hydrogen) atoms. The predicted molar refractivity (Wildman–Crippen MR) is 136 cm³/mol. The predicted octanol–water partition coefficient (Wildman–Crippen LogP) is 5.92. The van der Waals surface area contributed by atoms with Gasteiger partial charge in [0.25, 0.3) is 0 Å². The zero-order valence-electron chi connectivity index (χ0n) is 22.1. The summed E-state index contributed by atoms with van der Waals surface area (Å²) in [6, 6.07) is 0. The number of alkyl halides is 1. The Morgan fingerprint density at radius 2 is 1.86 bits per heavy atom. The summed E-state index contributed by atoms with van der Waals surface area (Å²) in [5.74, 6) is 2.67. The van der Waals surface area contributed by atoms with Gasteiger partial charge in [0.2, 0.25) is 0 Å². The van der Waals surface area contributed by atoms with Crippen LogP contribution >= 0.6 is 15.9 Å². The van der Waals surface area contributed by atoms with Crippen LogP contribution in [-0.4, -0.2) is 41.2 Å². The second-order valence-electron chi connectivity index (χ2n) is 13.6. The first kappa shape index (κ1) is 24.9. The molecular formula is C29H43BrO5. The van der Waals surface area contributed by atoms with E-state index in [9.17, 15) is 9.59 Å². The van der Waals surface area contributed by atoms with Crippen molar-refractivity contribution < 1.29 is 23.8 Å². The van der Waals surface area contributed by atoms with Gasteiger partial charge in [-0.2, -0.15) is 0 Å². The van der Waals surface area contributed by atoms with Crippen LogP contribution in [0.25, 0.3) is 0 Å². The van der Waals surface area contributed by atoms with Gasteiger partial charge < -0.3 is 14.2 Å². The molecule has 6 fully saturated rings. The number of hydrogen-bond donors (Lipinski definition) is 0.